The molecule has 3 heterocycles. The lowest BCUT2D eigenvalue weighted by Crippen LogP contribution is -2.38. The molecule has 2 aromatic heterocycles. The second-order valence-corrected chi connectivity index (χ2v) is 6.89. The van der Waals surface area contributed by atoms with Gasteiger partial charge in [0.2, 0.25) is 5.88 Å². The maximum atomic E-state index is 13.9. The number of halogens is 3. The van der Waals surface area contributed by atoms with Crippen molar-refractivity contribution in [1.29, 1.82) is 0 Å². The SMILES string of the molecule is COc1cccc(-c2nnc3n2CCN(C(=O)c2ccc(Cl)c(F)c2Cl)C3)n1. The molecule has 1 aliphatic heterocycles. The summed E-state index contributed by atoms with van der Waals surface area (Å²) in [7, 11) is 1.54. The topological polar surface area (TPSA) is 73.1 Å². The second kappa shape index (κ2) is 7.37. The molecule has 0 aliphatic carbocycles. The van der Waals surface area contributed by atoms with Gasteiger partial charge in [-0.15, -0.1) is 10.2 Å². The van der Waals surface area contributed by atoms with Crippen molar-refractivity contribution >= 4 is 29.1 Å². The van der Waals surface area contributed by atoms with E-state index in [1.807, 2.05) is 16.7 Å². The Balaban J connectivity index is 1.60. The molecule has 1 amide bonds. The number of ether oxygens (including phenoxy) is 1. The molecule has 0 radical (unpaired) electrons. The van der Waals surface area contributed by atoms with Crippen molar-refractivity contribution in [1.82, 2.24) is 24.6 Å². The normalized spacial score (nSPS) is 13.4. The van der Waals surface area contributed by atoms with Crippen LogP contribution in [0.1, 0.15) is 16.2 Å². The van der Waals surface area contributed by atoms with Crippen LogP contribution in [0.2, 0.25) is 10.0 Å². The van der Waals surface area contributed by atoms with Crippen LogP contribution in [0.4, 0.5) is 4.39 Å². The molecule has 7 nitrogen and oxygen atoms in total. The molecule has 10 heteroatoms. The molecule has 3 aromatic rings. The summed E-state index contributed by atoms with van der Waals surface area (Å²) in [6.45, 7) is 1.08. The largest absolute Gasteiger partial charge is 0.481 e. The monoisotopic (exact) mass is 421 g/mol. The van der Waals surface area contributed by atoms with Gasteiger partial charge >= 0.3 is 0 Å². The number of hydrogen-bond donors (Lipinski definition) is 0. The molecule has 1 aromatic carbocycles. The summed E-state index contributed by atoms with van der Waals surface area (Å²) >= 11 is 11.7. The Morgan fingerprint density at radius 3 is 2.79 bits per heavy atom. The lowest BCUT2D eigenvalue weighted by Gasteiger charge is -2.28. The third-order valence-corrected chi connectivity index (χ3v) is 5.13. The Kier molecular flexibility index (Phi) is 4.91. The number of methoxy groups -OCH3 is 1. The fraction of sp³-hybridized carbons (Fsp3) is 0.222. The van der Waals surface area contributed by atoms with Gasteiger partial charge in [-0.05, 0) is 18.2 Å². The third kappa shape index (κ3) is 3.18. The molecule has 0 saturated heterocycles. The number of carbonyl (C=O) groups excluding carboxylic acids is 1. The predicted octanol–water partition coefficient (Wildman–Crippen LogP) is 3.45. The van der Waals surface area contributed by atoms with Crippen molar-refractivity contribution in [3.05, 3.63) is 57.6 Å². The molecule has 0 unspecified atom stereocenters. The van der Waals surface area contributed by atoms with Gasteiger partial charge in [-0.25, -0.2) is 9.37 Å². The molecule has 0 saturated carbocycles. The Morgan fingerprint density at radius 1 is 1.18 bits per heavy atom. The van der Waals surface area contributed by atoms with E-state index in [4.69, 9.17) is 27.9 Å². The quantitative estimate of drug-likeness (QED) is 0.605. The summed E-state index contributed by atoms with van der Waals surface area (Å²) in [5, 5.41) is 7.97. The number of amides is 1. The zero-order valence-electron chi connectivity index (χ0n) is 14.7. The van der Waals surface area contributed by atoms with Gasteiger partial charge in [0.05, 0.1) is 29.3 Å². The molecular weight excluding hydrogens is 408 g/mol. The molecule has 0 bridgehead atoms. The highest BCUT2D eigenvalue weighted by Gasteiger charge is 2.28. The highest BCUT2D eigenvalue weighted by atomic mass is 35.5. The lowest BCUT2D eigenvalue weighted by atomic mass is 10.1. The van der Waals surface area contributed by atoms with E-state index in [-0.39, 0.29) is 22.2 Å². The smallest absolute Gasteiger partial charge is 0.255 e. The summed E-state index contributed by atoms with van der Waals surface area (Å²) in [6, 6.07) is 8.11. The van der Waals surface area contributed by atoms with Crippen molar-refractivity contribution in [3.8, 4) is 17.4 Å². The number of nitrogens with zero attached hydrogens (tertiary/aromatic N) is 5. The van der Waals surface area contributed by atoms with E-state index in [1.165, 1.54) is 12.1 Å². The molecule has 0 N–H and O–H groups in total. The fourth-order valence-corrected chi connectivity index (χ4v) is 3.49. The molecular formula is C18H14Cl2FN5O2. The van der Waals surface area contributed by atoms with Crippen molar-refractivity contribution in [2.24, 2.45) is 0 Å². The predicted molar refractivity (Wildman–Crippen MR) is 101 cm³/mol. The highest BCUT2D eigenvalue weighted by molar-refractivity contribution is 6.37. The Bertz CT molecular complexity index is 1070. The van der Waals surface area contributed by atoms with Gasteiger partial charge in [-0.3, -0.25) is 4.79 Å². The molecule has 1 aliphatic rings. The Labute approximate surface area is 169 Å². The fourth-order valence-electron chi connectivity index (χ4n) is 3.04. The summed E-state index contributed by atoms with van der Waals surface area (Å²) in [5.41, 5.74) is 0.687. The Morgan fingerprint density at radius 2 is 2.00 bits per heavy atom. The van der Waals surface area contributed by atoms with Crippen molar-refractivity contribution in [2.45, 2.75) is 13.1 Å². The van der Waals surface area contributed by atoms with Gasteiger partial charge in [0.1, 0.15) is 5.69 Å². The first-order valence-corrected chi connectivity index (χ1v) is 9.11. The molecule has 144 valence electrons. The van der Waals surface area contributed by atoms with Crippen LogP contribution in [-0.4, -0.2) is 44.2 Å². The van der Waals surface area contributed by atoms with Crippen LogP contribution in [0.3, 0.4) is 0 Å². The van der Waals surface area contributed by atoms with E-state index >= 15 is 0 Å². The number of fused-ring (bicyclic) bond motifs is 1. The van der Waals surface area contributed by atoms with E-state index < -0.39 is 11.7 Å². The van der Waals surface area contributed by atoms with E-state index in [9.17, 15) is 9.18 Å². The van der Waals surface area contributed by atoms with E-state index in [0.29, 0.717) is 36.3 Å². The zero-order chi connectivity index (χ0) is 19.8. The van der Waals surface area contributed by atoms with Gasteiger partial charge < -0.3 is 14.2 Å². The van der Waals surface area contributed by atoms with Crippen molar-refractivity contribution < 1.29 is 13.9 Å². The Hall–Kier alpha value is -2.71. The first-order chi connectivity index (χ1) is 13.5. The molecule has 0 fully saturated rings. The summed E-state index contributed by atoms with van der Waals surface area (Å²) in [5.74, 6) is 0.472. The van der Waals surface area contributed by atoms with E-state index in [1.54, 1.807) is 18.1 Å². The first-order valence-electron chi connectivity index (χ1n) is 8.36. The minimum atomic E-state index is -0.805. The maximum absolute atomic E-state index is 13.9. The maximum Gasteiger partial charge on any atom is 0.255 e. The minimum absolute atomic E-state index is 0.0613. The number of rotatable bonds is 3. The number of carbonyl (C=O) groups is 1. The summed E-state index contributed by atoms with van der Waals surface area (Å²) in [4.78, 5) is 18.7. The molecule has 28 heavy (non-hydrogen) atoms. The number of hydrogen-bond acceptors (Lipinski definition) is 5. The van der Waals surface area contributed by atoms with Crippen LogP contribution in [0.25, 0.3) is 11.5 Å². The van der Waals surface area contributed by atoms with Crippen LogP contribution in [0, 0.1) is 5.82 Å². The van der Waals surface area contributed by atoms with E-state index in [0.717, 1.165) is 0 Å². The van der Waals surface area contributed by atoms with Gasteiger partial charge in [0.15, 0.2) is 17.5 Å². The van der Waals surface area contributed by atoms with Gasteiger partial charge in [-0.2, -0.15) is 0 Å². The molecule has 0 atom stereocenters. The van der Waals surface area contributed by atoms with Crippen LogP contribution < -0.4 is 4.74 Å². The number of benzene rings is 1. The average Bonchev–Trinajstić information content (AvgIpc) is 3.15. The van der Waals surface area contributed by atoms with Gasteiger partial charge in [-0.1, -0.05) is 29.3 Å². The van der Waals surface area contributed by atoms with Crippen molar-refractivity contribution in [3.63, 3.8) is 0 Å². The van der Waals surface area contributed by atoms with Crippen molar-refractivity contribution in [2.75, 3.05) is 13.7 Å². The standard InChI is InChI=1S/C18H14Cl2FN5O2/c1-28-14-4-2-3-12(22-14)17-24-23-13-9-25(7-8-26(13)17)18(27)10-5-6-11(19)16(21)15(10)20/h2-6H,7-9H2,1H3. The minimum Gasteiger partial charge on any atom is -0.481 e. The second-order valence-electron chi connectivity index (χ2n) is 6.11. The van der Waals surface area contributed by atoms with Crippen LogP contribution in [-0.2, 0) is 13.1 Å². The van der Waals surface area contributed by atoms with Gasteiger partial charge in [0.25, 0.3) is 5.91 Å². The summed E-state index contributed by atoms with van der Waals surface area (Å²) in [6.07, 6.45) is 0. The first kappa shape index (κ1) is 18.6. The van der Waals surface area contributed by atoms with Crippen LogP contribution in [0.5, 0.6) is 5.88 Å². The highest BCUT2D eigenvalue weighted by Crippen LogP contribution is 2.29. The van der Waals surface area contributed by atoms with Crippen LogP contribution in [0.15, 0.2) is 30.3 Å². The summed E-state index contributed by atoms with van der Waals surface area (Å²) < 4.78 is 21.0. The molecule has 0 spiro atoms. The average molecular weight is 422 g/mol. The third-order valence-electron chi connectivity index (χ3n) is 4.47. The number of aromatic nitrogens is 4. The zero-order valence-corrected chi connectivity index (χ0v) is 16.2. The lowest BCUT2D eigenvalue weighted by molar-refractivity contribution is 0.0707. The number of pyridine rings is 1. The van der Waals surface area contributed by atoms with E-state index in [2.05, 4.69) is 15.2 Å². The molecule has 4 rings (SSSR count). The van der Waals surface area contributed by atoms with Gasteiger partial charge in [0, 0.05) is 19.2 Å². The van der Waals surface area contributed by atoms with Crippen LogP contribution >= 0.6 is 23.2 Å².